The Morgan fingerprint density at radius 1 is 1.38 bits per heavy atom. The first kappa shape index (κ1) is 13.3. The van der Waals surface area contributed by atoms with Gasteiger partial charge in [0.1, 0.15) is 0 Å². The summed E-state index contributed by atoms with van der Waals surface area (Å²) >= 11 is 1.40. The van der Waals surface area contributed by atoms with Crippen molar-refractivity contribution in [1.29, 1.82) is 5.26 Å². The molecular formula is C8H14N4O2S2. The van der Waals surface area contributed by atoms with Crippen LogP contribution in [0.4, 0.5) is 0 Å². The monoisotopic (exact) mass is 262 g/mol. The van der Waals surface area contributed by atoms with Crippen LogP contribution in [0.3, 0.4) is 0 Å². The van der Waals surface area contributed by atoms with Crippen molar-refractivity contribution in [3.63, 3.8) is 0 Å². The van der Waals surface area contributed by atoms with Crippen molar-refractivity contribution >= 4 is 27.0 Å². The van der Waals surface area contributed by atoms with Crippen LogP contribution in [-0.4, -0.2) is 61.5 Å². The Balaban J connectivity index is 2.62. The lowest BCUT2D eigenvalue weighted by molar-refractivity contribution is 0.271. The van der Waals surface area contributed by atoms with Gasteiger partial charge < -0.3 is 4.90 Å². The van der Waals surface area contributed by atoms with Gasteiger partial charge in [0.25, 0.3) is 0 Å². The highest BCUT2D eigenvalue weighted by atomic mass is 32.2. The van der Waals surface area contributed by atoms with E-state index >= 15 is 0 Å². The Hall–Kier alpha value is -0.780. The van der Waals surface area contributed by atoms with Gasteiger partial charge in [0, 0.05) is 26.2 Å². The lowest BCUT2D eigenvalue weighted by Gasteiger charge is -2.34. The average molecular weight is 262 g/mol. The fourth-order valence-corrected chi connectivity index (χ4v) is 2.90. The standard InChI is InChI=1S/C8H14N4O2S2/c1-15-8(10-7-9)11-3-5-12(6-4-11)16(2,13)14/h3-6H2,1-2H3. The van der Waals surface area contributed by atoms with Crippen LogP contribution in [0.15, 0.2) is 4.99 Å². The minimum Gasteiger partial charge on any atom is -0.348 e. The maximum Gasteiger partial charge on any atom is 0.211 e. The molecule has 0 atom stereocenters. The van der Waals surface area contributed by atoms with Crippen LogP contribution in [-0.2, 0) is 10.0 Å². The first-order valence-electron chi connectivity index (χ1n) is 4.70. The fourth-order valence-electron chi connectivity index (χ4n) is 1.50. The van der Waals surface area contributed by atoms with Gasteiger partial charge in [-0.3, -0.25) is 0 Å². The number of hydrogen-bond donors (Lipinski definition) is 0. The Kier molecular flexibility index (Phi) is 4.58. The third-order valence-corrected chi connectivity index (χ3v) is 4.32. The van der Waals surface area contributed by atoms with E-state index in [1.54, 1.807) is 6.19 Å². The molecule has 0 spiro atoms. The first-order valence-corrected chi connectivity index (χ1v) is 7.77. The van der Waals surface area contributed by atoms with Crippen LogP contribution >= 0.6 is 11.8 Å². The minimum atomic E-state index is -3.10. The van der Waals surface area contributed by atoms with Crippen molar-refractivity contribution in [1.82, 2.24) is 9.21 Å². The molecule has 1 aliphatic heterocycles. The van der Waals surface area contributed by atoms with E-state index in [2.05, 4.69) is 4.99 Å². The third-order valence-electron chi connectivity index (χ3n) is 2.31. The molecule has 1 heterocycles. The number of thioether (sulfide) groups is 1. The normalized spacial score (nSPS) is 19.6. The molecule has 0 aromatic heterocycles. The van der Waals surface area contributed by atoms with Crippen molar-refractivity contribution in [3.05, 3.63) is 0 Å². The van der Waals surface area contributed by atoms with Gasteiger partial charge in [-0.25, -0.2) is 8.42 Å². The largest absolute Gasteiger partial charge is 0.348 e. The van der Waals surface area contributed by atoms with Gasteiger partial charge in [-0.1, -0.05) is 11.8 Å². The molecule has 0 saturated carbocycles. The second kappa shape index (κ2) is 5.52. The third kappa shape index (κ3) is 3.37. The van der Waals surface area contributed by atoms with E-state index < -0.39 is 10.0 Å². The molecule has 0 aliphatic carbocycles. The van der Waals surface area contributed by atoms with Crippen LogP contribution in [0.5, 0.6) is 0 Å². The summed E-state index contributed by atoms with van der Waals surface area (Å²) in [5.41, 5.74) is 0. The molecule has 90 valence electrons. The Morgan fingerprint density at radius 2 is 1.94 bits per heavy atom. The van der Waals surface area contributed by atoms with E-state index in [-0.39, 0.29) is 0 Å². The van der Waals surface area contributed by atoms with Crippen molar-refractivity contribution in [2.24, 2.45) is 4.99 Å². The summed E-state index contributed by atoms with van der Waals surface area (Å²) in [4.78, 5) is 5.62. The molecule has 1 aliphatic rings. The van der Waals surface area contributed by atoms with Crippen LogP contribution < -0.4 is 0 Å². The maximum absolute atomic E-state index is 11.3. The maximum atomic E-state index is 11.3. The molecular weight excluding hydrogens is 248 g/mol. The Bertz CT molecular complexity index is 404. The first-order chi connectivity index (χ1) is 7.49. The van der Waals surface area contributed by atoms with E-state index in [1.165, 1.54) is 22.3 Å². The summed E-state index contributed by atoms with van der Waals surface area (Å²) in [5.74, 6) is 0. The average Bonchev–Trinajstić information content (AvgIpc) is 2.25. The summed E-state index contributed by atoms with van der Waals surface area (Å²) < 4.78 is 24.0. The molecule has 0 aromatic carbocycles. The second-order valence-electron chi connectivity index (χ2n) is 3.35. The van der Waals surface area contributed by atoms with E-state index in [0.29, 0.717) is 31.3 Å². The molecule has 0 bridgehead atoms. The van der Waals surface area contributed by atoms with Gasteiger partial charge in [0.05, 0.1) is 6.26 Å². The zero-order chi connectivity index (χ0) is 12.2. The molecule has 0 radical (unpaired) electrons. The van der Waals surface area contributed by atoms with Gasteiger partial charge in [0.2, 0.25) is 16.2 Å². The number of piperazine rings is 1. The number of nitrogens with zero attached hydrogens (tertiary/aromatic N) is 4. The molecule has 1 rings (SSSR count). The van der Waals surface area contributed by atoms with Gasteiger partial charge in [-0.15, -0.1) is 4.99 Å². The summed E-state index contributed by atoms with van der Waals surface area (Å²) in [6.45, 7) is 2.05. The molecule has 1 fully saturated rings. The van der Waals surface area contributed by atoms with E-state index in [1.807, 2.05) is 11.2 Å². The van der Waals surface area contributed by atoms with Crippen LogP contribution in [0.25, 0.3) is 0 Å². The van der Waals surface area contributed by atoms with E-state index in [0.717, 1.165) is 0 Å². The molecule has 0 N–H and O–H groups in total. The van der Waals surface area contributed by atoms with Gasteiger partial charge >= 0.3 is 0 Å². The molecule has 0 aromatic rings. The van der Waals surface area contributed by atoms with E-state index in [4.69, 9.17) is 5.26 Å². The number of rotatable bonds is 1. The van der Waals surface area contributed by atoms with Gasteiger partial charge in [-0.05, 0) is 6.26 Å². The van der Waals surface area contributed by atoms with Crippen LogP contribution in [0.2, 0.25) is 0 Å². The summed E-state index contributed by atoms with van der Waals surface area (Å²) in [7, 11) is -3.10. The van der Waals surface area contributed by atoms with Crippen LogP contribution in [0, 0.1) is 11.5 Å². The zero-order valence-electron chi connectivity index (χ0n) is 9.25. The summed E-state index contributed by atoms with van der Waals surface area (Å²) in [6, 6.07) is 0. The molecule has 0 unspecified atom stereocenters. The number of nitriles is 1. The van der Waals surface area contributed by atoms with Gasteiger partial charge in [-0.2, -0.15) is 9.57 Å². The minimum absolute atomic E-state index is 0.448. The fraction of sp³-hybridized carbons (Fsp3) is 0.750. The van der Waals surface area contributed by atoms with Crippen molar-refractivity contribution in [2.45, 2.75) is 0 Å². The Morgan fingerprint density at radius 3 is 2.31 bits per heavy atom. The van der Waals surface area contributed by atoms with Crippen LogP contribution in [0.1, 0.15) is 0 Å². The predicted octanol–water partition coefficient (Wildman–Crippen LogP) is -0.236. The molecule has 6 nitrogen and oxygen atoms in total. The van der Waals surface area contributed by atoms with Gasteiger partial charge in [0.15, 0.2) is 5.17 Å². The number of sulfonamides is 1. The zero-order valence-corrected chi connectivity index (χ0v) is 10.9. The Labute approximate surface area is 100.0 Å². The predicted molar refractivity (Wildman–Crippen MR) is 64.6 cm³/mol. The lowest BCUT2D eigenvalue weighted by atomic mass is 10.4. The second-order valence-corrected chi connectivity index (χ2v) is 6.10. The number of amidine groups is 1. The number of hydrogen-bond acceptors (Lipinski definition) is 5. The molecule has 16 heavy (non-hydrogen) atoms. The highest BCUT2D eigenvalue weighted by Gasteiger charge is 2.24. The quantitative estimate of drug-likeness (QED) is 0.370. The number of aliphatic imine (C=N–C) groups is 1. The highest BCUT2D eigenvalue weighted by molar-refractivity contribution is 8.13. The highest BCUT2D eigenvalue weighted by Crippen LogP contribution is 2.11. The summed E-state index contributed by atoms with van der Waals surface area (Å²) in [6.07, 6.45) is 4.81. The van der Waals surface area contributed by atoms with Crippen molar-refractivity contribution in [3.8, 4) is 6.19 Å². The smallest absolute Gasteiger partial charge is 0.211 e. The topological polar surface area (TPSA) is 76.8 Å². The molecule has 0 amide bonds. The summed E-state index contributed by atoms with van der Waals surface area (Å²) in [5, 5.41) is 9.14. The molecule has 8 heteroatoms. The SMILES string of the molecule is CSC(=NC#N)N1CCN(S(C)(=O)=O)CC1. The molecule has 1 saturated heterocycles. The van der Waals surface area contributed by atoms with E-state index in [9.17, 15) is 8.42 Å². The lowest BCUT2D eigenvalue weighted by Crippen LogP contribution is -2.49. The van der Waals surface area contributed by atoms with Crippen molar-refractivity contribution in [2.75, 3.05) is 38.7 Å². The van der Waals surface area contributed by atoms with Crippen molar-refractivity contribution < 1.29 is 8.42 Å².